The molecule has 0 aromatic heterocycles. The molecule has 2 rings (SSSR count). The van der Waals surface area contributed by atoms with Crippen molar-refractivity contribution in [1.29, 1.82) is 0 Å². The molecule has 0 unspecified atom stereocenters. The van der Waals surface area contributed by atoms with Gasteiger partial charge in [-0.3, -0.25) is 0 Å². The predicted molar refractivity (Wildman–Crippen MR) is 103 cm³/mol. The average Bonchev–Trinajstić information content (AvgIpc) is 2.71. The van der Waals surface area contributed by atoms with E-state index in [1.807, 2.05) is 13.8 Å². The zero-order valence-electron chi connectivity index (χ0n) is 18.1. The van der Waals surface area contributed by atoms with E-state index in [2.05, 4.69) is 27.7 Å². The quantitative estimate of drug-likeness (QED) is 0.652. The van der Waals surface area contributed by atoms with Crippen molar-refractivity contribution in [2.24, 2.45) is 10.8 Å². The van der Waals surface area contributed by atoms with Gasteiger partial charge in [-0.25, -0.2) is 0 Å². The minimum Gasteiger partial charge on any atom is -0.394 e. The zero-order chi connectivity index (χ0) is 20.2. The standard InChI is InChI=1S/C21H40O6/c1-7-18(5)24-13-20(9-3,14-25-18)17(23-12-11-22)21(10-4)15-26-19(6,8-2)27-16-21/h17,22H,7-16H2,1-6H3. The van der Waals surface area contributed by atoms with Crippen LogP contribution in [0.15, 0.2) is 0 Å². The molecule has 0 aliphatic carbocycles. The number of ether oxygens (including phenoxy) is 5. The van der Waals surface area contributed by atoms with Gasteiger partial charge in [-0.05, 0) is 39.5 Å². The highest BCUT2D eigenvalue weighted by Crippen LogP contribution is 2.48. The first kappa shape index (κ1) is 23.0. The SMILES string of the molecule is CCC1(C)OCC(CC)(C(OCCO)C2(CC)COC(C)(CC)OC2)CO1. The molecule has 0 amide bonds. The Kier molecular flexibility index (Phi) is 7.73. The van der Waals surface area contributed by atoms with Gasteiger partial charge in [-0.15, -0.1) is 0 Å². The summed E-state index contributed by atoms with van der Waals surface area (Å²) in [6.07, 6.45) is 3.13. The van der Waals surface area contributed by atoms with Crippen LogP contribution in [0.2, 0.25) is 0 Å². The summed E-state index contributed by atoms with van der Waals surface area (Å²) in [5.41, 5.74) is -0.598. The molecule has 0 bridgehead atoms. The van der Waals surface area contributed by atoms with Crippen LogP contribution in [0, 0.1) is 10.8 Å². The van der Waals surface area contributed by atoms with Crippen molar-refractivity contribution in [3.05, 3.63) is 0 Å². The van der Waals surface area contributed by atoms with Crippen LogP contribution in [0.5, 0.6) is 0 Å². The molecule has 0 aromatic carbocycles. The molecule has 1 N–H and O–H groups in total. The Morgan fingerprint density at radius 2 is 1.11 bits per heavy atom. The smallest absolute Gasteiger partial charge is 0.165 e. The molecule has 27 heavy (non-hydrogen) atoms. The van der Waals surface area contributed by atoms with Crippen LogP contribution in [0.3, 0.4) is 0 Å². The Bertz CT molecular complexity index is 412. The summed E-state index contributed by atoms with van der Waals surface area (Å²) in [5, 5.41) is 9.42. The Hall–Kier alpha value is -0.240. The second-order valence-electron chi connectivity index (χ2n) is 8.54. The third-order valence-corrected chi connectivity index (χ3v) is 6.84. The van der Waals surface area contributed by atoms with Crippen molar-refractivity contribution >= 4 is 0 Å². The molecule has 0 aromatic rings. The monoisotopic (exact) mass is 388 g/mol. The second-order valence-corrected chi connectivity index (χ2v) is 8.54. The molecule has 2 fully saturated rings. The lowest BCUT2D eigenvalue weighted by atomic mass is 9.65. The maximum Gasteiger partial charge on any atom is 0.165 e. The van der Waals surface area contributed by atoms with E-state index < -0.39 is 11.6 Å². The topological polar surface area (TPSA) is 66.4 Å². The van der Waals surface area contributed by atoms with Crippen molar-refractivity contribution in [3.8, 4) is 0 Å². The fourth-order valence-electron chi connectivity index (χ4n) is 4.02. The number of rotatable bonds is 9. The maximum atomic E-state index is 9.42. The molecule has 2 aliphatic rings. The largest absolute Gasteiger partial charge is 0.394 e. The molecule has 6 nitrogen and oxygen atoms in total. The van der Waals surface area contributed by atoms with Crippen LogP contribution in [-0.2, 0) is 23.7 Å². The normalized spacial score (nSPS) is 41.4. The molecule has 2 heterocycles. The van der Waals surface area contributed by atoms with Gasteiger partial charge in [0.2, 0.25) is 0 Å². The second kappa shape index (κ2) is 9.06. The van der Waals surface area contributed by atoms with Crippen molar-refractivity contribution in [2.45, 2.75) is 84.9 Å². The molecule has 160 valence electrons. The average molecular weight is 389 g/mol. The van der Waals surface area contributed by atoms with Gasteiger partial charge in [0.1, 0.15) is 0 Å². The summed E-state index contributed by atoms with van der Waals surface area (Å²) in [4.78, 5) is 0. The van der Waals surface area contributed by atoms with Gasteiger partial charge < -0.3 is 28.8 Å². The van der Waals surface area contributed by atoms with E-state index in [1.54, 1.807) is 0 Å². The summed E-state index contributed by atoms with van der Waals surface area (Å²) in [6.45, 7) is 15.0. The van der Waals surface area contributed by atoms with Gasteiger partial charge in [-0.1, -0.05) is 27.7 Å². The van der Waals surface area contributed by atoms with Gasteiger partial charge in [0.15, 0.2) is 11.6 Å². The molecule has 2 saturated heterocycles. The summed E-state index contributed by atoms with van der Waals surface area (Å²) in [7, 11) is 0. The maximum absolute atomic E-state index is 9.42. The highest BCUT2D eigenvalue weighted by molar-refractivity contribution is 5.02. The van der Waals surface area contributed by atoms with Gasteiger partial charge in [0.05, 0.1) is 45.7 Å². The van der Waals surface area contributed by atoms with Crippen molar-refractivity contribution < 1.29 is 28.8 Å². The summed E-state index contributed by atoms with van der Waals surface area (Å²) < 4.78 is 31.0. The van der Waals surface area contributed by atoms with E-state index in [4.69, 9.17) is 23.7 Å². The first-order valence-corrected chi connectivity index (χ1v) is 10.5. The summed E-state index contributed by atoms with van der Waals surface area (Å²) in [5.74, 6) is -1.08. The number of aliphatic hydroxyl groups excluding tert-OH is 1. The van der Waals surface area contributed by atoms with Gasteiger partial charge in [-0.2, -0.15) is 0 Å². The lowest BCUT2D eigenvalue weighted by Crippen LogP contribution is -2.63. The molecule has 0 atom stereocenters. The van der Waals surface area contributed by atoms with Gasteiger partial charge in [0.25, 0.3) is 0 Å². The number of hydrogen-bond donors (Lipinski definition) is 1. The first-order valence-electron chi connectivity index (χ1n) is 10.5. The minimum atomic E-state index is -0.542. The Labute approximate surface area is 164 Å². The summed E-state index contributed by atoms with van der Waals surface area (Å²) in [6, 6.07) is 0. The predicted octanol–water partition coefficient (Wildman–Crippen LogP) is 3.50. The van der Waals surface area contributed by atoms with E-state index >= 15 is 0 Å². The van der Waals surface area contributed by atoms with Crippen LogP contribution < -0.4 is 0 Å². The van der Waals surface area contributed by atoms with Crippen LogP contribution in [0.4, 0.5) is 0 Å². The Morgan fingerprint density at radius 3 is 1.37 bits per heavy atom. The van der Waals surface area contributed by atoms with Gasteiger partial charge >= 0.3 is 0 Å². The molecule has 0 saturated carbocycles. The third kappa shape index (κ3) is 4.68. The van der Waals surface area contributed by atoms with Crippen LogP contribution in [0.25, 0.3) is 0 Å². The van der Waals surface area contributed by atoms with Crippen LogP contribution in [-0.4, -0.2) is 62.4 Å². The lowest BCUT2D eigenvalue weighted by Gasteiger charge is -2.55. The van der Waals surface area contributed by atoms with Crippen molar-refractivity contribution in [2.75, 3.05) is 39.6 Å². The van der Waals surface area contributed by atoms with E-state index in [0.717, 1.165) is 25.7 Å². The number of aliphatic hydroxyl groups is 1. The lowest BCUT2D eigenvalue weighted by molar-refractivity contribution is -0.350. The van der Waals surface area contributed by atoms with E-state index in [0.29, 0.717) is 26.4 Å². The van der Waals surface area contributed by atoms with E-state index in [9.17, 15) is 5.11 Å². The minimum absolute atomic E-state index is 0.0150. The highest BCUT2D eigenvalue weighted by Gasteiger charge is 2.56. The van der Waals surface area contributed by atoms with Crippen molar-refractivity contribution in [3.63, 3.8) is 0 Å². The molecule has 2 aliphatic heterocycles. The van der Waals surface area contributed by atoms with E-state index in [-0.39, 0.29) is 30.1 Å². The van der Waals surface area contributed by atoms with Crippen LogP contribution in [0.1, 0.15) is 67.2 Å². The first-order chi connectivity index (χ1) is 12.8. The molecule has 0 spiro atoms. The van der Waals surface area contributed by atoms with E-state index in [1.165, 1.54) is 0 Å². The third-order valence-electron chi connectivity index (χ3n) is 6.84. The molecular formula is C21H40O6. The zero-order valence-corrected chi connectivity index (χ0v) is 18.1. The van der Waals surface area contributed by atoms with Gasteiger partial charge in [0, 0.05) is 10.8 Å². The fraction of sp³-hybridized carbons (Fsp3) is 1.00. The van der Waals surface area contributed by atoms with Crippen LogP contribution >= 0.6 is 0 Å². The molecule has 0 radical (unpaired) electrons. The fourth-order valence-corrected chi connectivity index (χ4v) is 4.02. The Balaban J connectivity index is 2.29. The highest BCUT2D eigenvalue weighted by atomic mass is 16.7. The summed E-state index contributed by atoms with van der Waals surface area (Å²) >= 11 is 0. The molecule has 6 heteroatoms. The number of hydrogen-bond acceptors (Lipinski definition) is 6. The molecular weight excluding hydrogens is 348 g/mol. The Morgan fingerprint density at radius 1 is 0.741 bits per heavy atom. The van der Waals surface area contributed by atoms with Crippen molar-refractivity contribution in [1.82, 2.24) is 0 Å².